The van der Waals surface area contributed by atoms with E-state index in [0.717, 1.165) is 23.6 Å². The van der Waals surface area contributed by atoms with Crippen LogP contribution in [-0.4, -0.2) is 42.8 Å². The summed E-state index contributed by atoms with van der Waals surface area (Å²) in [6.45, 7) is -0.597. The predicted octanol–water partition coefficient (Wildman–Crippen LogP) is 3.67. The Morgan fingerprint density at radius 3 is 2.09 bits per heavy atom. The average molecular weight is 493 g/mol. The molecule has 4 bridgehead atoms. The van der Waals surface area contributed by atoms with Crippen LogP contribution in [0.5, 0.6) is 0 Å². The number of nitrogens with zero attached hydrogens (tertiary/aromatic N) is 1. The highest BCUT2D eigenvalue weighted by molar-refractivity contribution is 7.89. The maximum Gasteiger partial charge on any atom is 0.245 e. The summed E-state index contributed by atoms with van der Waals surface area (Å²) in [4.78, 5) is 40.8. The number of Topliss-reactive ketones (excluding diaryl/α,β-unsaturated/α-hetero) is 2. The van der Waals surface area contributed by atoms with Crippen molar-refractivity contribution in [2.45, 2.75) is 49.5 Å². The molecule has 5 aliphatic rings. The van der Waals surface area contributed by atoms with E-state index in [9.17, 15) is 22.8 Å². The second-order valence-electron chi connectivity index (χ2n) is 10.8. The van der Waals surface area contributed by atoms with Crippen LogP contribution in [-0.2, 0) is 19.6 Å². The van der Waals surface area contributed by atoms with Crippen LogP contribution in [0, 0.1) is 23.2 Å². The minimum atomic E-state index is -4.24. The molecule has 1 heterocycles. The van der Waals surface area contributed by atoms with Crippen LogP contribution in [0.4, 0.5) is 5.69 Å². The number of rotatable bonds is 5. The number of sulfonamides is 1. The van der Waals surface area contributed by atoms with Gasteiger partial charge in [0, 0.05) is 16.7 Å². The van der Waals surface area contributed by atoms with E-state index in [1.807, 2.05) is 0 Å². The van der Waals surface area contributed by atoms with Crippen LogP contribution in [0.3, 0.4) is 0 Å². The number of hydrogen-bond donors (Lipinski definition) is 1. The lowest BCUT2D eigenvalue weighted by Gasteiger charge is -2.57. The summed E-state index contributed by atoms with van der Waals surface area (Å²) < 4.78 is 28.3. The Morgan fingerprint density at radius 1 is 0.886 bits per heavy atom. The summed E-state index contributed by atoms with van der Waals surface area (Å²) in [7, 11) is -4.24. The summed E-state index contributed by atoms with van der Waals surface area (Å²) in [6, 6.07) is 13.2. The quantitative estimate of drug-likeness (QED) is 0.642. The lowest BCUT2D eigenvalue weighted by molar-refractivity contribution is -0.146. The highest BCUT2D eigenvalue weighted by Gasteiger charge is 2.59. The van der Waals surface area contributed by atoms with E-state index in [0.29, 0.717) is 42.7 Å². The third-order valence-corrected chi connectivity index (χ3v) is 10.3. The monoisotopic (exact) mass is 492 g/mol. The van der Waals surface area contributed by atoms with E-state index in [1.54, 1.807) is 42.5 Å². The fraction of sp³-hybridized carbons (Fsp3) is 0.444. The number of carbonyl (C=O) groups excluding carboxylic acids is 3. The average Bonchev–Trinajstić information content (AvgIpc) is 2.82. The van der Waals surface area contributed by atoms with Gasteiger partial charge in [0.2, 0.25) is 15.9 Å². The van der Waals surface area contributed by atoms with Crippen molar-refractivity contribution in [1.29, 1.82) is 0 Å². The van der Waals surface area contributed by atoms with Gasteiger partial charge >= 0.3 is 0 Å². The first-order valence-corrected chi connectivity index (χ1v) is 13.8. The summed E-state index contributed by atoms with van der Waals surface area (Å²) in [5.41, 5.74) is -0.122. The van der Waals surface area contributed by atoms with Crippen molar-refractivity contribution in [2.75, 3.05) is 11.9 Å². The molecule has 0 spiro atoms. The fourth-order valence-electron chi connectivity index (χ4n) is 7.43. The molecule has 1 unspecified atom stereocenters. The molecule has 4 fully saturated rings. The lowest BCUT2D eigenvalue weighted by Crippen LogP contribution is -2.61. The van der Waals surface area contributed by atoms with Gasteiger partial charge in [0.15, 0.2) is 11.6 Å². The molecular formula is C27H28N2O5S. The second-order valence-corrected chi connectivity index (χ2v) is 12.6. The Hall–Kier alpha value is -2.84. The van der Waals surface area contributed by atoms with Crippen molar-refractivity contribution >= 4 is 33.2 Å². The number of carbonyl (C=O) groups is 3. The number of nitrogens with one attached hydrogen (secondary N) is 1. The third-order valence-electron chi connectivity index (χ3n) is 8.44. The predicted molar refractivity (Wildman–Crippen MR) is 129 cm³/mol. The van der Waals surface area contributed by atoms with Crippen molar-refractivity contribution < 1.29 is 22.8 Å². The number of para-hydroxylation sites is 1. The second kappa shape index (κ2) is 8.10. The van der Waals surface area contributed by atoms with Crippen LogP contribution in [0.25, 0.3) is 0 Å². The molecule has 7 rings (SSSR count). The molecule has 7 nitrogen and oxygen atoms in total. The van der Waals surface area contributed by atoms with Gasteiger partial charge in [-0.1, -0.05) is 30.3 Å². The zero-order valence-electron chi connectivity index (χ0n) is 19.4. The Bertz CT molecular complexity index is 1280. The Labute approximate surface area is 204 Å². The van der Waals surface area contributed by atoms with Gasteiger partial charge in [0.05, 0.1) is 11.4 Å². The topological polar surface area (TPSA) is 101 Å². The molecule has 1 aliphatic heterocycles. The van der Waals surface area contributed by atoms with Crippen molar-refractivity contribution in [3.05, 3.63) is 60.2 Å². The number of fused-ring (bicyclic) bond motifs is 1. The summed E-state index contributed by atoms with van der Waals surface area (Å²) in [5, 5.41) is 2.69. The number of hydrogen-bond acceptors (Lipinski definition) is 5. The van der Waals surface area contributed by atoms with Crippen LogP contribution >= 0.6 is 0 Å². The van der Waals surface area contributed by atoms with Crippen molar-refractivity contribution in [2.24, 2.45) is 23.2 Å². The van der Waals surface area contributed by atoms with Crippen LogP contribution in [0.15, 0.2) is 59.5 Å². The molecule has 0 radical (unpaired) electrons. The first-order chi connectivity index (χ1) is 16.8. The van der Waals surface area contributed by atoms with Gasteiger partial charge in [0.1, 0.15) is 6.04 Å². The molecule has 1 atom stereocenters. The number of benzene rings is 2. The molecule has 4 aliphatic carbocycles. The smallest absolute Gasteiger partial charge is 0.245 e. The standard InChI is InChI=1S/C27H28N2O5S/c30-23(28-20-6-2-1-3-7-20)16-29-24(25(31)21-8-4-5-9-22(21)35(29,33)34)26(32)27-13-17-10-18(14-27)12-19(11-17)15-27/h1-9,17-19,24H,10-16H2,(H,28,30). The van der Waals surface area contributed by atoms with E-state index < -0.39 is 39.7 Å². The zero-order valence-corrected chi connectivity index (χ0v) is 20.2. The van der Waals surface area contributed by atoms with E-state index in [-0.39, 0.29) is 16.2 Å². The summed E-state index contributed by atoms with van der Waals surface area (Å²) in [6.07, 6.45) is 5.51. The van der Waals surface area contributed by atoms with Gasteiger partial charge in [-0.05, 0) is 80.5 Å². The largest absolute Gasteiger partial charge is 0.325 e. The Balaban J connectivity index is 1.39. The van der Waals surface area contributed by atoms with Gasteiger partial charge in [-0.15, -0.1) is 0 Å². The Kier molecular flexibility index (Phi) is 5.23. The first-order valence-electron chi connectivity index (χ1n) is 12.3. The van der Waals surface area contributed by atoms with Crippen molar-refractivity contribution in [3.8, 4) is 0 Å². The fourth-order valence-corrected chi connectivity index (χ4v) is 9.14. The maximum absolute atomic E-state index is 14.3. The minimum Gasteiger partial charge on any atom is -0.325 e. The third kappa shape index (κ3) is 3.65. The molecular weight excluding hydrogens is 464 g/mol. The van der Waals surface area contributed by atoms with Crippen molar-refractivity contribution in [1.82, 2.24) is 4.31 Å². The van der Waals surface area contributed by atoms with Gasteiger partial charge in [-0.2, -0.15) is 4.31 Å². The molecule has 2 aromatic carbocycles. The molecule has 182 valence electrons. The first kappa shape index (κ1) is 22.6. The number of ketones is 2. The molecule has 8 heteroatoms. The van der Waals surface area contributed by atoms with Crippen LogP contribution in [0.2, 0.25) is 0 Å². The number of anilines is 1. The lowest BCUT2D eigenvalue weighted by atomic mass is 9.48. The molecule has 0 saturated heterocycles. The van der Waals surface area contributed by atoms with E-state index in [2.05, 4.69) is 5.32 Å². The summed E-state index contributed by atoms with van der Waals surface area (Å²) >= 11 is 0. The Morgan fingerprint density at radius 2 is 1.46 bits per heavy atom. The summed E-state index contributed by atoms with van der Waals surface area (Å²) in [5.74, 6) is -0.0426. The van der Waals surface area contributed by atoms with Crippen LogP contribution in [0.1, 0.15) is 48.9 Å². The number of amides is 1. The van der Waals surface area contributed by atoms with Gasteiger partial charge in [0.25, 0.3) is 0 Å². The SMILES string of the molecule is O=C(CN1C(C(=O)C23CC4CC(CC(C4)C2)C3)C(=O)c2ccccc2S1(=O)=O)Nc1ccccc1. The van der Waals surface area contributed by atoms with E-state index in [4.69, 9.17) is 0 Å². The molecule has 4 saturated carbocycles. The molecule has 1 amide bonds. The molecule has 35 heavy (non-hydrogen) atoms. The highest BCUT2D eigenvalue weighted by Crippen LogP contribution is 2.61. The molecule has 0 aromatic heterocycles. The normalized spacial score (nSPS) is 32.7. The van der Waals surface area contributed by atoms with E-state index >= 15 is 0 Å². The van der Waals surface area contributed by atoms with Crippen LogP contribution < -0.4 is 5.32 Å². The zero-order chi connectivity index (χ0) is 24.4. The molecule has 1 N–H and O–H groups in total. The van der Waals surface area contributed by atoms with Crippen molar-refractivity contribution in [3.63, 3.8) is 0 Å². The molecule has 2 aromatic rings. The minimum absolute atomic E-state index is 0.0373. The van der Waals surface area contributed by atoms with Gasteiger partial charge < -0.3 is 5.32 Å². The van der Waals surface area contributed by atoms with Gasteiger partial charge in [-0.3, -0.25) is 14.4 Å². The van der Waals surface area contributed by atoms with E-state index in [1.165, 1.54) is 12.1 Å². The van der Waals surface area contributed by atoms with Gasteiger partial charge in [-0.25, -0.2) is 8.42 Å². The maximum atomic E-state index is 14.3. The highest BCUT2D eigenvalue weighted by atomic mass is 32.2.